The van der Waals surface area contributed by atoms with E-state index in [2.05, 4.69) is 9.98 Å². The first-order valence-electron chi connectivity index (χ1n) is 7.47. The summed E-state index contributed by atoms with van der Waals surface area (Å²) in [7, 11) is 1.47. The van der Waals surface area contributed by atoms with Gasteiger partial charge in [0, 0.05) is 13.1 Å². The summed E-state index contributed by atoms with van der Waals surface area (Å²) >= 11 is 0. The lowest BCUT2D eigenvalue weighted by molar-refractivity contribution is 0.146. The van der Waals surface area contributed by atoms with Crippen molar-refractivity contribution in [2.45, 2.75) is 39.5 Å². The van der Waals surface area contributed by atoms with E-state index in [4.69, 9.17) is 9.84 Å². The van der Waals surface area contributed by atoms with Crippen molar-refractivity contribution in [3.8, 4) is 5.88 Å². The number of nitrogens with zero attached hydrogens (tertiary/aromatic N) is 3. The van der Waals surface area contributed by atoms with Crippen LogP contribution in [-0.4, -0.2) is 47.4 Å². The Morgan fingerprint density at radius 2 is 2.04 bits per heavy atom. The summed E-state index contributed by atoms with van der Waals surface area (Å²) in [6, 6.07) is 1.74. The van der Waals surface area contributed by atoms with E-state index in [0.29, 0.717) is 17.3 Å². The van der Waals surface area contributed by atoms with Crippen molar-refractivity contribution in [1.29, 1.82) is 0 Å². The summed E-state index contributed by atoms with van der Waals surface area (Å²) in [5, 5.41) is 8.81. The quantitative estimate of drug-likeness (QED) is 0.614. The molecule has 0 bridgehead atoms. The van der Waals surface area contributed by atoms with Crippen molar-refractivity contribution in [2.24, 2.45) is 4.99 Å². The van der Waals surface area contributed by atoms with Gasteiger partial charge in [-0.3, -0.25) is 0 Å². The van der Waals surface area contributed by atoms with Gasteiger partial charge in [0.2, 0.25) is 12.0 Å². The zero-order valence-electron chi connectivity index (χ0n) is 14.2. The molecule has 126 valence electrons. The van der Waals surface area contributed by atoms with Crippen LogP contribution in [0.3, 0.4) is 0 Å². The molecule has 7 heteroatoms. The van der Waals surface area contributed by atoms with Gasteiger partial charge in [0.25, 0.3) is 0 Å². The number of ether oxygens (including phenoxy) is 1. The van der Waals surface area contributed by atoms with Gasteiger partial charge in [-0.15, -0.1) is 0 Å². The highest BCUT2D eigenvalue weighted by atomic mass is 16.5. The van der Waals surface area contributed by atoms with Crippen LogP contribution >= 0.6 is 0 Å². The number of pyridine rings is 1. The van der Waals surface area contributed by atoms with E-state index >= 15 is 0 Å². The SMILES string of the molecule is CC(C)c1cc(OCCN(C)C(=O)O)nc(C(C)C)c1N=C=O. The van der Waals surface area contributed by atoms with Crippen LogP contribution in [0.1, 0.15) is 50.8 Å². The first-order valence-corrected chi connectivity index (χ1v) is 7.47. The number of likely N-dealkylation sites (N-methyl/N-ethyl adjacent to an activating group) is 1. The molecular weight excluding hydrogens is 298 g/mol. The Kier molecular flexibility index (Phi) is 6.72. The van der Waals surface area contributed by atoms with Gasteiger partial charge >= 0.3 is 6.09 Å². The lowest BCUT2D eigenvalue weighted by Crippen LogP contribution is -2.29. The first kappa shape index (κ1) is 18.6. The fourth-order valence-corrected chi connectivity index (χ4v) is 2.02. The molecule has 0 unspecified atom stereocenters. The highest BCUT2D eigenvalue weighted by Crippen LogP contribution is 2.35. The van der Waals surface area contributed by atoms with Gasteiger partial charge in [0.1, 0.15) is 12.3 Å². The van der Waals surface area contributed by atoms with Crippen LogP contribution in [0.2, 0.25) is 0 Å². The fourth-order valence-electron chi connectivity index (χ4n) is 2.02. The number of hydrogen-bond acceptors (Lipinski definition) is 5. The van der Waals surface area contributed by atoms with Crippen molar-refractivity contribution in [3.63, 3.8) is 0 Å². The number of rotatable bonds is 7. The second-order valence-corrected chi connectivity index (χ2v) is 5.85. The predicted molar refractivity (Wildman–Crippen MR) is 86.3 cm³/mol. The average Bonchev–Trinajstić information content (AvgIpc) is 2.47. The standard InChI is InChI=1S/C16H23N3O4/c1-10(2)12-8-13(23-7-6-19(5)16(21)22)18-14(11(3)4)15(12)17-9-20/h8,10-11H,6-7H2,1-5H3,(H,21,22). The number of carboxylic acid groups (broad SMARTS) is 1. The Morgan fingerprint density at radius 1 is 1.39 bits per heavy atom. The number of aliphatic imine (C=N–C) groups is 1. The zero-order valence-corrected chi connectivity index (χ0v) is 14.2. The molecule has 0 aromatic carbocycles. The molecule has 0 aliphatic rings. The third-order valence-electron chi connectivity index (χ3n) is 3.36. The Bertz CT molecular complexity index is 578. The minimum Gasteiger partial charge on any atom is -0.476 e. The summed E-state index contributed by atoms with van der Waals surface area (Å²) in [5.41, 5.74) is 2.06. The van der Waals surface area contributed by atoms with Crippen LogP contribution in [0.15, 0.2) is 11.1 Å². The largest absolute Gasteiger partial charge is 0.476 e. The molecule has 23 heavy (non-hydrogen) atoms. The molecule has 1 aromatic heterocycles. The lowest BCUT2D eigenvalue weighted by atomic mass is 9.97. The molecule has 0 aliphatic heterocycles. The molecular formula is C16H23N3O4. The van der Waals surface area contributed by atoms with Crippen molar-refractivity contribution in [1.82, 2.24) is 9.88 Å². The monoisotopic (exact) mass is 321 g/mol. The minimum absolute atomic E-state index is 0.0600. The van der Waals surface area contributed by atoms with Gasteiger partial charge in [-0.2, -0.15) is 4.99 Å². The molecule has 1 aromatic rings. The number of hydrogen-bond donors (Lipinski definition) is 1. The summed E-state index contributed by atoms with van der Waals surface area (Å²) in [6.07, 6.45) is 0.576. The highest BCUT2D eigenvalue weighted by Gasteiger charge is 2.18. The van der Waals surface area contributed by atoms with Gasteiger partial charge in [-0.25, -0.2) is 14.6 Å². The topological polar surface area (TPSA) is 92.1 Å². The van der Waals surface area contributed by atoms with Crippen LogP contribution < -0.4 is 4.74 Å². The second-order valence-electron chi connectivity index (χ2n) is 5.85. The van der Waals surface area contributed by atoms with Crippen LogP contribution in [-0.2, 0) is 4.79 Å². The predicted octanol–water partition coefficient (Wildman–Crippen LogP) is 3.28. The van der Waals surface area contributed by atoms with Crippen molar-refractivity contribution < 1.29 is 19.4 Å². The van der Waals surface area contributed by atoms with Gasteiger partial charge in [0.05, 0.1) is 12.2 Å². The van der Waals surface area contributed by atoms with Gasteiger partial charge in [-0.1, -0.05) is 27.7 Å². The Labute approximate surface area is 136 Å². The van der Waals surface area contributed by atoms with Crippen molar-refractivity contribution in [2.75, 3.05) is 20.2 Å². The number of carbonyl (C=O) groups is 1. The molecule has 7 nitrogen and oxygen atoms in total. The number of aromatic nitrogens is 1. The smallest absolute Gasteiger partial charge is 0.407 e. The van der Waals surface area contributed by atoms with E-state index in [-0.39, 0.29) is 25.0 Å². The average molecular weight is 321 g/mol. The highest BCUT2D eigenvalue weighted by molar-refractivity contribution is 5.64. The maximum absolute atomic E-state index is 10.8. The summed E-state index contributed by atoms with van der Waals surface area (Å²) in [5.74, 6) is 0.595. The number of carbonyl (C=O) groups excluding carboxylic acids is 1. The van der Waals surface area contributed by atoms with Gasteiger partial charge < -0.3 is 14.7 Å². The third-order valence-corrected chi connectivity index (χ3v) is 3.36. The normalized spacial score (nSPS) is 10.6. The lowest BCUT2D eigenvalue weighted by Gasteiger charge is -2.18. The van der Waals surface area contributed by atoms with Gasteiger partial charge in [0.15, 0.2) is 0 Å². The summed E-state index contributed by atoms with van der Waals surface area (Å²) in [6.45, 7) is 8.33. The van der Waals surface area contributed by atoms with Crippen LogP contribution in [0, 0.1) is 0 Å². The van der Waals surface area contributed by atoms with Crippen molar-refractivity contribution >= 4 is 17.9 Å². The van der Waals surface area contributed by atoms with E-state index < -0.39 is 6.09 Å². The Balaban J connectivity index is 3.10. The van der Waals surface area contributed by atoms with Gasteiger partial charge in [-0.05, 0) is 17.4 Å². The molecule has 0 spiro atoms. The third kappa shape index (κ3) is 5.07. The molecule has 0 fully saturated rings. The van der Waals surface area contributed by atoms with Crippen LogP contribution in [0.5, 0.6) is 5.88 Å². The molecule has 1 heterocycles. The summed E-state index contributed by atoms with van der Waals surface area (Å²) < 4.78 is 5.59. The minimum atomic E-state index is -1.01. The molecule has 0 saturated carbocycles. The number of amides is 1. The maximum atomic E-state index is 10.8. The fraction of sp³-hybridized carbons (Fsp3) is 0.562. The van der Waals surface area contributed by atoms with E-state index in [9.17, 15) is 9.59 Å². The molecule has 1 rings (SSSR count). The molecule has 0 aliphatic carbocycles. The van der Waals surface area contributed by atoms with E-state index in [1.54, 1.807) is 12.1 Å². The molecule has 0 radical (unpaired) electrons. The molecule has 1 N–H and O–H groups in total. The maximum Gasteiger partial charge on any atom is 0.407 e. The van der Waals surface area contributed by atoms with E-state index in [1.807, 2.05) is 27.7 Å². The Morgan fingerprint density at radius 3 is 2.52 bits per heavy atom. The van der Waals surface area contributed by atoms with Crippen LogP contribution in [0.25, 0.3) is 0 Å². The van der Waals surface area contributed by atoms with Crippen LogP contribution in [0.4, 0.5) is 10.5 Å². The second kappa shape index (κ2) is 8.29. The molecule has 0 atom stereocenters. The zero-order chi connectivity index (χ0) is 17.6. The Hall–Kier alpha value is -2.40. The molecule has 1 amide bonds. The molecule has 0 saturated heterocycles. The van der Waals surface area contributed by atoms with E-state index in [1.165, 1.54) is 7.05 Å². The van der Waals surface area contributed by atoms with E-state index in [0.717, 1.165) is 10.5 Å². The van der Waals surface area contributed by atoms with Crippen molar-refractivity contribution in [3.05, 3.63) is 17.3 Å². The summed E-state index contributed by atoms with van der Waals surface area (Å²) in [4.78, 5) is 30.8. The first-order chi connectivity index (χ1) is 10.8. The number of isocyanates is 1.